The highest BCUT2D eigenvalue weighted by Crippen LogP contribution is 2.31. The topological polar surface area (TPSA) is 18.5 Å². The molecule has 0 aromatic carbocycles. The lowest BCUT2D eigenvalue weighted by molar-refractivity contribution is -0.123. The third kappa shape index (κ3) is 3.41. The van der Waals surface area contributed by atoms with Crippen LogP contribution in [0.1, 0.15) is 33.6 Å². The van der Waals surface area contributed by atoms with Gasteiger partial charge >= 0.3 is 0 Å². The second-order valence-electron chi connectivity index (χ2n) is 4.26. The van der Waals surface area contributed by atoms with Crippen molar-refractivity contribution in [2.24, 2.45) is 5.92 Å². The Labute approximate surface area is 91.9 Å². The Kier molecular flexibility index (Phi) is 5.21. The molecule has 1 saturated carbocycles. The molecule has 1 rings (SSSR count). The van der Waals surface area contributed by atoms with E-state index >= 15 is 0 Å². The summed E-state index contributed by atoms with van der Waals surface area (Å²) < 4.78 is 11.2. The van der Waals surface area contributed by atoms with E-state index in [2.05, 4.69) is 13.8 Å². The summed E-state index contributed by atoms with van der Waals surface area (Å²) in [6.45, 7) is 7.95. The Bertz CT molecular complexity index is 161. The number of rotatable bonds is 6. The minimum absolute atomic E-state index is 0.119. The number of alkyl halides is 1. The van der Waals surface area contributed by atoms with Crippen LogP contribution in [0.15, 0.2) is 0 Å². The molecule has 1 aliphatic rings. The standard InChI is InChI=1S/C11H21ClO2/c1-4-13-11-9(12)7-10(11)14-6-5-8(2)3/h8-11H,4-7H2,1-3H3. The number of halogens is 1. The van der Waals surface area contributed by atoms with Gasteiger partial charge in [0.25, 0.3) is 0 Å². The van der Waals surface area contributed by atoms with Crippen LogP contribution in [-0.4, -0.2) is 30.8 Å². The smallest absolute Gasteiger partial charge is 0.100 e. The maximum Gasteiger partial charge on any atom is 0.100 e. The summed E-state index contributed by atoms with van der Waals surface area (Å²) in [6.07, 6.45) is 2.40. The average Bonchev–Trinajstić information content (AvgIpc) is 2.12. The van der Waals surface area contributed by atoms with E-state index in [4.69, 9.17) is 21.1 Å². The Morgan fingerprint density at radius 2 is 2.07 bits per heavy atom. The molecule has 3 unspecified atom stereocenters. The van der Waals surface area contributed by atoms with Gasteiger partial charge in [-0.2, -0.15) is 0 Å². The zero-order valence-electron chi connectivity index (χ0n) is 9.33. The Morgan fingerprint density at radius 1 is 1.36 bits per heavy atom. The first-order chi connectivity index (χ1) is 6.65. The molecule has 2 nitrogen and oxygen atoms in total. The summed E-state index contributed by atoms with van der Waals surface area (Å²) in [5, 5.41) is 0.152. The van der Waals surface area contributed by atoms with Gasteiger partial charge < -0.3 is 9.47 Å². The molecule has 14 heavy (non-hydrogen) atoms. The lowest BCUT2D eigenvalue weighted by atomic mass is 9.91. The van der Waals surface area contributed by atoms with Crippen LogP contribution in [0.25, 0.3) is 0 Å². The van der Waals surface area contributed by atoms with Crippen molar-refractivity contribution in [1.82, 2.24) is 0 Å². The molecule has 1 fully saturated rings. The van der Waals surface area contributed by atoms with Crippen LogP contribution in [0.4, 0.5) is 0 Å². The molecule has 3 atom stereocenters. The van der Waals surface area contributed by atoms with Crippen molar-refractivity contribution >= 4 is 11.6 Å². The predicted molar refractivity (Wildman–Crippen MR) is 58.9 cm³/mol. The molecular formula is C11H21ClO2. The van der Waals surface area contributed by atoms with Gasteiger partial charge in [-0.3, -0.25) is 0 Å². The van der Waals surface area contributed by atoms with E-state index in [0.29, 0.717) is 5.92 Å². The first-order valence-corrected chi connectivity index (χ1v) is 5.96. The van der Waals surface area contributed by atoms with E-state index in [9.17, 15) is 0 Å². The van der Waals surface area contributed by atoms with Crippen LogP contribution in [0, 0.1) is 5.92 Å². The van der Waals surface area contributed by atoms with Crippen molar-refractivity contribution in [2.75, 3.05) is 13.2 Å². The summed E-state index contributed by atoms with van der Waals surface area (Å²) >= 11 is 6.03. The van der Waals surface area contributed by atoms with Gasteiger partial charge in [-0.25, -0.2) is 0 Å². The largest absolute Gasteiger partial charge is 0.375 e. The van der Waals surface area contributed by atoms with Gasteiger partial charge in [0.1, 0.15) is 6.10 Å². The van der Waals surface area contributed by atoms with Crippen molar-refractivity contribution in [3.05, 3.63) is 0 Å². The summed E-state index contributed by atoms with van der Waals surface area (Å²) in [7, 11) is 0. The van der Waals surface area contributed by atoms with E-state index in [1.54, 1.807) is 0 Å². The SMILES string of the molecule is CCOC1C(Cl)CC1OCCC(C)C. The van der Waals surface area contributed by atoms with Crippen molar-refractivity contribution in [3.8, 4) is 0 Å². The van der Waals surface area contributed by atoms with Crippen molar-refractivity contribution in [2.45, 2.75) is 51.2 Å². The molecule has 0 bridgehead atoms. The van der Waals surface area contributed by atoms with Crippen LogP contribution < -0.4 is 0 Å². The third-order valence-corrected chi connectivity index (χ3v) is 2.99. The first kappa shape index (κ1) is 12.3. The monoisotopic (exact) mass is 220 g/mol. The molecule has 0 aromatic rings. The molecular weight excluding hydrogens is 200 g/mol. The van der Waals surface area contributed by atoms with E-state index in [1.165, 1.54) is 0 Å². The molecule has 1 aliphatic carbocycles. The van der Waals surface area contributed by atoms with Crippen molar-refractivity contribution in [3.63, 3.8) is 0 Å². The number of ether oxygens (including phenoxy) is 2. The van der Waals surface area contributed by atoms with E-state index < -0.39 is 0 Å². The lowest BCUT2D eigenvalue weighted by Crippen LogP contribution is -2.51. The molecule has 3 heteroatoms. The molecule has 84 valence electrons. The van der Waals surface area contributed by atoms with Crippen molar-refractivity contribution < 1.29 is 9.47 Å². The number of hydrogen-bond donors (Lipinski definition) is 0. The van der Waals surface area contributed by atoms with Gasteiger partial charge in [-0.15, -0.1) is 11.6 Å². The maximum absolute atomic E-state index is 6.03. The zero-order chi connectivity index (χ0) is 10.6. The Morgan fingerprint density at radius 3 is 2.57 bits per heavy atom. The fourth-order valence-electron chi connectivity index (χ4n) is 1.55. The highest BCUT2D eigenvalue weighted by molar-refractivity contribution is 6.21. The molecule has 0 heterocycles. The average molecular weight is 221 g/mol. The summed E-state index contributed by atoms with van der Waals surface area (Å²) in [5.41, 5.74) is 0. The summed E-state index contributed by atoms with van der Waals surface area (Å²) in [4.78, 5) is 0. The first-order valence-electron chi connectivity index (χ1n) is 5.52. The van der Waals surface area contributed by atoms with Crippen molar-refractivity contribution in [1.29, 1.82) is 0 Å². The van der Waals surface area contributed by atoms with Gasteiger partial charge in [-0.1, -0.05) is 13.8 Å². The quantitative estimate of drug-likeness (QED) is 0.641. The summed E-state index contributed by atoms with van der Waals surface area (Å²) in [6, 6.07) is 0. The maximum atomic E-state index is 6.03. The van der Waals surface area contributed by atoms with Gasteiger partial charge in [0.15, 0.2) is 0 Å². The van der Waals surface area contributed by atoms with Crippen LogP contribution >= 0.6 is 11.6 Å². The van der Waals surface area contributed by atoms with Crippen LogP contribution in [0.2, 0.25) is 0 Å². The van der Waals surface area contributed by atoms with Crippen LogP contribution in [0.3, 0.4) is 0 Å². The fraction of sp³-hybridized carbons (Fsp3) is 1.00. The third-order valence-electron chi connectivity index (χ3n) is 2.57. The second kappa shape index (κ2) is 5.94. The van der Waals surface area contributed by atoms with Gasteiger partial charge in [0.05, 0.1) is 11.5 Å². The van der Waals surface area contributed by atoms with Gasteiger partial charge in [-0.05, 0) is 25.7 Å². The second-order valence-corrected chi connectivity index (χ2v) is 4.82. The lowest BCUT2D eigenvalue weighted by Gasteiger charge is -2.40. The Hall–Kier alpha value is 0.210. The molecule has 0 radical (unpaired) electrons. The molecule has 0 aliphatic heterocycles. The molecule has 0 saturated heterocycles. The normalized spacial score (nSPS) is 31.9. The van der Waals surface area contributed by atoms with E-state index in [1.807, 2.05) is 6.92 Å². The zero-order valence-corrected chi connectivity index (χ0v) is 10.1. The highest BCUT2D eigenvalue weighted by Gasteiger charge is 2.41. The van der Waals surface area contributed by atoms with Gasteiger partial charge in [0.2, 0.25) is 0 Å². The molecule has 0 N–H and O–H groups in total. The van der Waals surface area contributed by atoms with Crippen LogP contribution in [-0.2, 0) is 9.47 Å². The fourth-order valence-corrected chi connectivity index (χ4v) is 1.96. The predicted octanol–water partition coefficient (Wildman–Crippen LogP) is 2.83. The number of hydrogen-bond acceptors (Lipinski definition) is 2. The molecule has 0 aromatic heterocycles. The molecule has 0 amide bonds. The van der Waals surface area contributed by atoms with E-state index in [-0.39, 0.29) is 17.6 Å². The van der Waals surface area contributed by atoms with E-state index in [0.717, 1.165) is 26.1 Å². The van der Waals surface area contributed by atoms with Crippen LogP contribution in [0.5, 0.6) is 0 Å². The van der Waals surface area contributed by atoms with Gasteiger partial charge in [0, 0.05) is 13.2 Å². The highest BCUT2D eigenvalue weighted by atomic mass is 35.5. The minimum atomic E-state index is 0.119. The minimum Gasteiger partial charge on any atom is -0.375 e. The Balaban J connectivity index is 2.12. The summed E-state index contributed by atoms with van der Waals surface area (Å²) in [5.74, 6) is 0.701. The molecule has 0 spiro atoms.